The van der Waals surface area contributed by atoms with Gasteiger partial charge in [-0.05, 0) is 36.5 Å². The van der Waals surface area contributed by atoms with Crippen LogP contribution in [0.25, 0.3) is 11.6 Å². The number of benzodiazepines with no additional fused rings is 1. The van der Waals surface area contributed by atoms with E-state index < -0.39 is 12.4 Å². The van der Waals surface area contributed by atoms with E-state index >= 15 is 0 Å². The van der Waals surface area contributed by atoms with Crippen molar-refractivity contribution < 1.29 is 14.3 Å². The van der Waals surface area contributed by atoms with Gasteiger partial charge in [0.1, 0.15) is 0 Å². The van der Waals surface area contributed by atoms with E-state index in [0.29, 0.717) is 30.7 Å². The fourth-order valence-electron chi connectivity index (χ4n) is 5.09. The molecule has 10 heteroatoms. The minimum absolute atomic E-state index is 0.152. The number of ether oxygens (including phenoxy) is 1. The van der Waals surface area contributed by atoms with E-state index in [9.17, 15) is 5.11 Å². The number of morpholine rings is 1. The molecule has 0 amide bonds. The topological polar surface area (TPSA) is 121 Å². The van der Waals surface area contributed by atoms with Crippen LogP contribution in [0.4, 0.5) is 17.4 Å². The van der Waals surface area contributed by atoms with E-state index in [1.807, 2.05) is 60.8 Å². The number of aliphatic hydroxyl groups is 1. The molecule has 10 nitrogen and oxygen atoms in total. The van der Waals surface area contributed by atoms with Crippen LogP contribution in [0.15, 0.2) is 76.3 Å². The van der Waals surface area contributed by atoms with Crippen LogP contribution in [-0.4, -0.2) is 64.7 Å². The maximum absolute atomic E-state index is 11.0. The van der Waals surface area contributed by atoms with Crippen molar-refractivity contribution in [3.63, 3.8) is 0 Å². The van der Waals surface area contributed by atoms with E-state index in [1.165, 1.54) is 18.4 Å². The normalized spacial score (nSPS) is 20.9. The predicted molar refractivity (Wildman–Crippen MR) is 148 cm³/mol. The molecule has 4 aromatic rings. The molecular weight excluding hydrogens is 494 g/mol. The number of para-hydroxylation sites is 1. The van der Waals surface area contributed by atoms with Crippen LogP contribution in [0.5, 0.6) is 0 Å². The van der Waals surface area contributed by atoms with Crippen LogP contribution in [0.2, 0.25) is 0 Å². The molecule has 2 fully saturated rings. The molecule has 39 heavy (non-hydrogen) atoms. The van der Waals surface area contributed by atoms with Gasteiger partial charge in [0.05, 0.1) is 24.6 Å². The molecule has 1 saturated carbocycles. The number of aliphatic hydroxyl groups excluding tert-OH is 1. The zero-order valence-electron chi connectivity index (χ0n) is 21.3. The summed E-state index contributed by atoms with van der Waals surface area (Å²) in [6.07, 6.45) is 2.49. The van der Waals surface area contributed by atoms with Gasteiger partial charge in [0.15, 0.2) is 18.1 Å². The molecular formula is C29H29N7O3. The molecule has 2 aromatic heterocycles. The molecule has 0 bridgehead atoms. The molecule has 0 radical (unpaired) electrons. The zero-order chi connectivity index (χ0) is 26.2. The third-order valence-corrected chi connectivity index (χ3v) is 7.29. The van der Waals surface area contributed by atoms with Gasteiger partial charge in [-0.15, -0.1) is 5.10 Å². The Morgan fingerprint density at radius 1 is 0.974 bits per heavy atom. The first kappa shape index (κ1) is 23.8. The van der Waals surface area contributed by atoms with Crippen molar-refractivity contribution in [3.05, 3.63) is 83.6 Å². The molecule has 1 unspecified atom stereocenters. The number of hydrogen-bond acceptors (Lipinski definition) is 10. The number of aromatic nitrogens is 3. The second-order valence-corrected chi connectivity index (χ2v) is 9.99. The first-order valence-corrected chi connectivity index (χ1v) is 13.3. The minimum Gasteiger partial charge on any atom is -0.402 e. The summed E-state index contributed by atoms with van der Waals surface area (Å²) in [5.41, 5.74) is 6.24. The molecule has 198 valence electrons. The van der Waals surface area contributed by atoms with Gasteiger partial charge in [0.25, 0.3) is 5.89 Å². The molecule has 2 atom stereocenters. The summed E-state index contributed by atoms with van der Waals surface area (Å²) in [6.45, 7) is 2.89. The van der Waals surface area contributed by atoms with Gasteiger partial charge in [-0.2, -0.15) is 0 Å². The first-order chi connectivity index (χ1) is 19.2. The number of anilines is 3. The second-order valence-electron chi connectivity index (χ2n) is 9.99. The lowest BCUT2D eigenvalue weighted by atomic mass is 10.0. The molecule has 0 spiro atoms. The van der Waals surface area contributed by atoms with Crippen molar-refractivity contribution in [1.29, 1.82) is 0 Å². The molecule has 7 rings (SSSR count). The van der Waals surface area contributed by atoms with Crippen LogP contribution < -0.4 is 15.5 Å². The van der Waals surface area contributed by atoms with E-state index in [1.54, 1.807) is 0 Å². The summed E-state index contributed by atoms with van der Waals surface area (Å²) in [4.78, 5) is 11.9. The fourth-order valence-corrected chi connectivity index (χ4v) is 5.09. The average Bonchev–Trinajstić information content (AvgIpc) is 3.76. The standard InChI is InChI=1S/C29H29N7O3/c37-27-26(32-24(19-6-2-1-3-7-19)21-8-4-5-9-22(21)31-27)33-29-35-34-28(39-29)25-23(36-12-14-38-15-13-36)16-20(17-30-25)18-10-11-18/h1-9,16-18,26-27,31,37H,10-15H2,(H,33,35)/t26-,27?/m1/s1. The summed E-state index contributed by atoms with van der Waals surface area (Å²) in [7, 11) is 0. The van der Waals surface area contributed by atoms with E-state index in [0.717, 1.165) is 41.3 Å². The second kappa shape index (κ2) is 10.1. The summed E-state index contributed by atoms with van der Waals surface area (Å²) < 4.78 is 11.6. The van der Waals surface area contributed by atoms with E-state index in [2.05, 4.69) is 31.8 Å². The quantitative estimate of drug-likeness (QED) is 0.346. The predicted octanol–water partition coefficient (Wildman–Crippen LogP) is 3.87. The maximum atomic E-state index is 11.0. The van der Waals surface area contributed by atoms with Crippen LogP contribution in [-0.2, 0) is 4.74 Å². The Morgan fingerprint density at radius 3 is 2.59 bits per heavy atom. The molecule has 2 aromatic carbocycles. The lowest BCUT2D eigenvalue weighted by molar-refractivity contribution is 0.122. The van der Waals surface area contributed by atoms with Crippen molar-refractivity contribution in [3.8, 4) is 11.6 Å². The number of benzene rings is 2. The third-order valence-electron chi connectivity index (χ3n) is 7.29. The maximum Gasteiger partial charge on any atom is 0.317 e. The zero-order valence-corrected chi connectivity index (χ0v) is 21.3. The highest BCUT2D eigenvalue weighted by atomic mass is 16.5. The lowest BCUT2D eigenvalue weighted by Crippen LogP contribution is -2.37. The highest BCUT2D eigenvalue weighted by Gasteiger charge is 2.30. The van der Waals surface area contributed by atoms with Gasteiger partial charge in [0, 0.05) is 36.1 Å². The Labute approximate surface area is 225 Å². The van der Waals surface area contributed by atoms with Crippen molar-refractivity contribution in [2.45, 2.75) is 31.2 Å². The summed E-state index contributed by atoms with van der Waals surface area (Å²) in [6, 6.07) is 20.0. The molecule has 3 N–H and O–H groups in total. The molecule has 3 aliphatic rings. The Hall–Kier alpha value is -4.28. The molecule has 2 aliphatic heterocycles. The highest BCUT2D eigenvalue weighted by molar-refractivity contribution is 6.16. The number of aliphatic imine (C=N–C) groups is 1. The molecule has 1 saturated heterocycles. The average molecular weight is 524 g/mol. The van der Waals surface area contributed by atoms with Gasteiger partial charge >= 0.3 is 6.01 Å². The number of rotatable bonds is 6. The van der Waals surface area contributed by atoms with Crippen LogP contribution in [0.1, 0.15) is 35.4 Å². The number of nitrogens with zero attached hydrogens (tertiary/aromatic N) is 5. The molecule has 4 heterocycles. The largest absolute Gasteiger partial charge is 0.402 e. The minimum atomic E-state index is -1.04. The monoisotopic (exact) mass is 523 g/mol. The fraction of sp³-hybridized carbons (Fsp3) is 0.310. The van der Waals surface area contributed by atoms with Gasteiger partial charge in [-0.3, -0.25) is 4.99 Å². The van der Waals surface area contributed by atoms with Gasteiger partial charge in [-0.25, -0.2) is 4.98 Å². The van der Waals surface area contributed by atoms with E-state index in [4.69, 9.17) is 19.1 Å². The van der Waals surface area contributed by atoms with Crippen molar-refractivity contribution in [1.82, 2.24) is 15.2 Å². The van der Waals surface area contributed by atoms with Gasteiger partial charge in [0.2, 0.25) is 0 Å². The SMILES string of the molecule is OC1Nc2ccccc2C(c2ccccc2)=N[C@@H]1Nc1nnc(-c2ncc(C3CC3)cc2N2CCOCC2)o1. The Kier molecular flexibility index (Phi) is 6.18. The van der Waals surface area contributed by atoms with Gasteiger partial charge < -0.3 is 29.8 Å². The Balaban J connectivity index is 1.20. The van der Waals surface area contributed by atoms with Crippen molar-refractivity contribution >= 4 is 23.1 Å². The van der Waals surface area contributed by atoms with Crippen LogP contribution in [0, 0.1) is 0 Å². The van der Waals surface area contributed by atoms with Crippen LogP contribution in [0.3, 0.4) is 0 Å². The smallest absolute Gasteiger partial charge is 0.317 e. The van der Waals surface area contributed by atoms with Crippen molar-refractivity contribution in [2.75, 3.05) is 41.8 Å². The first-order valence-electron chi connectivity index (χ1n) is 13.3. The summed E-state index contributed by atoms with van der Waals surface area (Å²) in [5.74, 6) is 0.893. The highest BCUT2D eigenvalue weighted by Crippen LogP contribution is 2.42. The Morgan fingerprint density at radius 2 is 1.77 bits per heavy atom. The number of nitrogens with one attached hydrogen (secondary N) is 2. The van der Waals surface area contributed by atoms with E-state index in [-0.39, 0.29) is 6.01 Å². The van der Waals surface area contributed by atoms with Gasteiger partial charge in [-0.1, -0.05) is 53.6 Å². The summed E-state index contributed by atoms with van der Waals surface area (Å²) in [5, 5.41) is 25.9. The Bertz CT molecular complexity index is 1500. The number of pyridine rings is 1. The number of hydrogen-bond donors (Lipinski definition) is 3. The number of fused-ring (bicyclic) bond motifs is 1. The third kappa shape index (κ3) is 4.84. The summed E-state index contributed by atoms with van der Waals surface area (Å²) >= 11 is 0. The van der Waals surface area contributed by atoms with Crippen molar-refractivity contribution in [2.24, 2.45) is 4.99 Å². The lowest BCUT2D eigenvalue weighted by Gasteiger charge is -2.30. The molecule has 1 aliphatic carbocycles. The van der Waals surface area contributed by atoms with Crippen LogP contribution >= 0.6 is 0 Å².